The molecule has 0 unspecified atom stereocenters. The number of amides is 1. The van der Waals surface area contributed by atoms with E-state index in [1.165, 1.54) is 17.1 Å². The minimum atomic E-state index is -0.244. The SMILES string of the molecule is CCCCN(CCCC)C(=O)Cn1cnc2c(cnn2-c2ccccc2)c1=O. The van der Waals surface area contributed by atoms with Crippen molar-refractivity contribution in [3.63, 3.8) is 0 Å². The smallest absolute Gasteiger partial charge is 0.264 e. The Labute approximate surface area is 164 Å². The third kappa shape index (κ3) is 4.30. The van der Waals surface area contributed by atoms with Crippen LogP contribution in [-0.2, 0) is 11.3 Å². The minimum Gasteiger partial charge on any atom is -0.341 e. The zero-order chi connectivity index (χ0) is 19.9. The van der Waals surface area contributed by atoms with Crippen molar-refractivity contribution in [1.29, 1.82) is 0 Å². The third-order valence-electron chi connectivity index (χ3n) is 4.78. The number of nitrogens with zero attached hydrogens (tertiary/aromatic N) is 5. The van der Waals surface area contributed by atoms with Gasteiger partial charge < -0.3 is 4.90 Å². The fourth-order valence-electron chi connectivity index (χ4n) is 3.12. The van der Waals surface area contributed by atoms with Crippen LogP contribution in [-0.4, -0.2) is 43.2 Å². The number of fused-ring (bicyclic) bond motifs is 1. The summed E-state index contributed by atoms with van der Waals surface area (Å²) in [5.74, 6) is -0.0411. The van der Waals surface area contributed by atoms with E-state index in [4.69, 9.17) is 0 Å². The maximum Gasteiger partial charge on any atom is 0.264 e. The number of carbonyl (C=O) groups is 1. The van der Waals surface area contributed by atoms with E-state index in [-0.39, 0.29) is 18.0 Å². The lowest BCUT2D eigenvalue weighted by atomic mass is 10.2. The van der Waals surface area contributed by atoms with E-state index >= 15 is 0 Å². The first kappa shape index (κ1) is 19.8. The van der Waals surface area contributed by atoms with Gasteiger partial charge in [0.25, 0.3) is 5.56 Å². The van der Waals surface area contributed by atoms with Crippen LogP contribution < -0.4 is 5.56 Å². The van der Waals surface area contributed by atoms with E-state index < -0.39 is 0 Å². The standard InChI is InChI=1S/C21H27N5O2/c1-3-5-12-24(13-6-4-2)19(27)15-25-16-22-20-18(21(25)28)14-23-26(20)17-10-8-7-9-11-17/h7-11,14,16H,3-6,12-13,15H2,1-2H3. The summed E-state index contributed by atoms with van der Waals surface area (Å²) >= 11 is 0. The second-order valence-electron chi connectivity index (χ2n) is 6.89. The molecule has 1 aromatic carbocycles. The number of aromatic nitrogens is 4. The molecule has 0 aliphatic rings. The Morgan fingerprint density at radius 3 is 2.39 bits per heavy atom. The molecule has 7 nitrogen and oxygen atoms in total. The number of rotatable bonds is 9. The quantitative estimate of drug-likeness (QED) is 0.571. The Morgan fingerprint density at radius 1 is 1.07 bits per heavy atom. The second-order valence-corrected chi connectivity index (χ2v) is 6.89. The van der Waals surface area contributed by atoms with Gasteiger partial charge in [-0.1, -0.05) is 44.9 Å². The van der Waals surface area contributed by atoms with E-state index in [1.807, 2.05) is 35.2 Å². The number of hydrogen-bond donors (Lipinski definition) is 0. The van der Waals surface area contributed by atoms with Gasteiger partial charge >= 0.3 is 0 Å². The van der Waals surface area contributed by atoms with Crippen molar-refractivity contribution in [2.24, 2.45) is 0 Å². The molecule has 2 aromatic heterocycles. The van der Waals surface area contributed by atoms with Crippen molar-refractivity contribution in [2.45, 2.75) is 46.1 Å². The van der Waals surface area contributed by atoms with Crippen LogP contribution in [0.15, 0.2) is 47.7 Å². The first-order valence-electron chi connectivity index (χ1n) is 9.92. The molecule has 148 valence electrons. The molecule has 0 radical (unpaired) electrons. The van der Waals surface area contributed by atoms with Gasteiger partial charge in [-0.3, -0.25) is 14.2 Å². The first-order chi connectivity index (χ1) is 13.7. The van der Waals surface area contributed by atoms with Crippen LogP contribution in [0.25, 0.3) is 16.7 Å². The predicted octanol–water partition coefficient (Wildman–Crippen LogP) is 3.01. The van der Waals surface area contributed by atoms with E-state index in [9.17, 15) is 9.59 Å². The van der Waals surface area contributed by atoms with Gasteiger partial charge in [0, 0.05) is 13.1 Å². The molecule has 3 rings (SSSR count). The van der Waals surface area contributed by atoms with Gasteiger partial charge in [-0.05, 0) is 25.0 Å². The average Bonchev–Trinajstić information content (AvgIpc) is 3.15. The van der Waals surface area contributed by atoms with Crippen molar-refractivity contribution in [1.82, 2.24) is 24.2 Å². The maximum atomic E-state index is 12.9. The summed E-state index contributed by atoms with van der Waals surface area (Å²) in [5.41, 5.74) is 1.09. The Kier molecular flexibility index (Phi) is 6.57. The lowest BCUT2D eigenvalue weighted by molar-refractivity contribution is -0.132. The van der Waals surface area contributed by atoms with Gasteiger partial charge in [-0.2, -0.15) is 5.10 Å². The molecule has 0 saturated heterocycles. The zero-order valence-corrected chi connectivity index (χ0v) is 16.5. The number of benzene rings is 1. The van der Waals surface area contributed by atoms with E-state index in [0.717, 1.165) is 44.5 Å². The molecule has 2 heterocycles. The number of hydrogen-bond acceptors (Lipinski definition) is 4. The Balaban J connectivity index is 1.84. The molecule has 0 bridgehead atoms. The van der Waals surface area contributed by atoms with Gasteiger partial charge in [0.1, 0.15) is 18.3 Å². The summed E-state index contributed by atoms with van der Waals surface area (Å²) in [4.78, 5) is 31.9. The summed E-state index contributed by atoms with van der Waals surface area (Å²) in [6, 6.07) is 9.54. The summed E-state index contributed by atoms with van der Waals surface area (Å²) in [5, 5.41) is 4.72. The maximum absolute atomic E-state index is 12.9. The van der Waals surface area contributed by atoms with E-state index in [0.29, 0.717) is 11.0 Å². The minimum absolute atomic E-state index is 0.00567. The van der Waals surface area contributed by atoms with E-state index in [2.05, 4.69) is 23.9 Å². The van der Waals surface area contributed by atoms with Gasteiger partial charge in [0.2, 0.25) is 5.91 Å². The van der Waals surface area contributed by atoms with Crippen LogP contribution >= 0.6 is 0 Å². The van der Waals surface area contributed by atoms with Crippen molar-refractivity contribution in [2.75, 3.05) is 13.1 Å². The third-order valence-corrected chi connectivity index (χ3v) is 4.78. The fourth-order valence-corrected chi connectivity index (χ4v) is 3.12. The van der Waals surface area contributed by atoms with Crippen LogP contribution in [0.5, 0.6) is 0 Å². The molecule has 0 N–H and O–H groups in total. The first-order valence-corrected chi connectivity index (χ1v) is 9.92. The van der Waals surface area contributed by atoms with E-state index in [1.54, 1.807) is 4.68 Å². The summed E-state index contributed by atoms with van der Waals surface area (Å²) in [7, 11) is 0. The number of para-hydroxylation sites is 1. The summed E-state index contributed by atoms with van der Waals surface area (Å²) in [6.07, 6.45) is 6.95. The Morgan fingerprint density at radius 2 is 1.75 bits per heavy atom. The highest BCUT2D eigenvalue weighted by atomic mass is 16.2. The predicted molar refractivity (Wildman–Crippen MR) is 110 cm³/mol. The van der Waals surface area contributed by atoms with Gasteiger partial charge in [0.15, 0.2) is 5.65 Å². The summed E-state index contributed by atoms with van der Waals surface area (Å²) in [6.45, 7) is 5.67. The van der Waals surface area contributed by atoms with Crippen LogP contribution in [0.3, 0.4) is 0 Å². The van der Waals surface area contributed by atoms with Crippen LogP contribution in [0.4, 0.5) is 0 Å². The highest BCUT2D eigenvalue weighted by molar-refractivity contribution is 5.78. The lowest BCUT2D eigenvalue weighted by Crippen LogP contribution is -2.37. The van der Waals surface area contributed by atoms with Gasteiger partial charge in [-0.25, -0.2) is 9.67 Å². The molecule has 0 saturated carbocycles. The zero-order valence-electron chi connectivity index (χ0n) is 16.5. The monoisotopic (exact) mass is 381 g/mol. The molecule has 0 aliphatic carbocycles. The van der Waals surface area contributed by atoms with Crippen molar-refractivity contribution >= 4 is 16.9 Å². The number of unbranched alkanes of at least 4 members (excludes halogenated alkanes) is 2. The molecule has 0 atom stereocenters. The van der Waals surface area contributed by atoms with Gasteiger partial charge in [0.05, 0.1) is 11.9 Å². The fraction of sp³-hybridized carbons (Fsp3) is 0.429. The average molecular weight is 381 g/mol. The largest absolute Gasteiger partial charge is 0.341 e. The van der Waals surface area contributed by atoms with Crippen molar-refractivity contribution < 1.29 is 4.79 Å². The molecule has 28 heavy (non-hydrogen) atoms. The molecule has 0 spiro atoms. The Bertz CT molecular complexity index is 969. The highest BCUT2D eigenvalue weighted by Crippen LogP contribution is 2.13. The second kappa shape index (κ2) is 9.30. The van der Waals surface area contributed by atoms with Crippen molar-refractivity contribution in [3.05, 3.63) is 53.2 Å². The molecule has 3 aromatic rings. The molecule has 0 fully saturated rings. The molecule has 1 amide bonds. The molecule has 7 heteroatoms. The molecular formula is C21H27N5O2. The number of carbonyl (C=O) groups excluding carboxylic acids is 1. The van der Waals surface area contributed by atoms with Crippen LogP contribution in [0.2, 0.25) is 0 Å². The highest BCUT2D eigenvalue weighted by Gasteiger charge is 2.16. The van der Waals surface area contributed by atoms with Crippen molar-refractivity contribution in [3.8, 4) is 5.69 Å². The summed E-state index contributed by atoms with van der Waals surface area (Å²) < 4.78 is 3.02. The topological polar surface area (TPSA) is 73.0 Å². The lowest BCUT2D eigenvalue weighted by Gasteiger charge is -2.22. The van der Waals surface area contributed by atoms with Gasteiger partial charge in [-0.15, -0.1) is 0 Å². The van der Waals surface area contributed by atoms with Crippen LogP contribution in [0.1, 0.15) is 39.5 Å². The normalized spacial score (nSPS) is 11.1. The Hall–Kier alpha value is -2.96. The molecule has 0 aliphatic heterocycles. The molecular weight excluding hydrogens is 354 g/mol. The van der Waals surface area contributed by atoms with Crippen LogP contribution in [0, 0.1) is 0 Å².